The molecule has 5 heteroatoms. The third-order valence-electron chi connectivity index (χ3n) is 0.494. The van der Waals surface area contributed by atoms with Gasteiger partial charge in [0.25, 0.3) is 5.91 Å². The van der Waals surface area contributed by atoms with E-state index in [0.717, 1.165) is 6.08 Å². The molecule has 0 aliphatic carbocycles. The van der Waals surface area contributed by atoms with E-state index in [1.807, 2.05) is 0 Å². The van der Waals surface area contributed by atoms with E-state index in [1.165, 1.54) is 7.05 Å². The van der Waals surface area contributed by atoms with Gasteiger partial charge in [-0.2, -0.15) is 0 Å². The van der Waals surface area contributed by atoms with E-state index in [9.17, 15) is 4.79 Å². The van der Waals surface area contributed by atoms with Gasteiger partial charge in [0.1, 0.15) is 0 Å². The number of amides is 1. The molecule has 0 saturated carbocycles. The fraction of sp³-hybridized carbons (Fsp3) is 0.250. The summed E-state index contributed by atoms with van der Waals surface area (Å²) in [6.07, 6.45) is 1.03. The third-order valence-corrected chi connectivity index (χ3v) is 0.494. The number of nitrogens with two attached hydrogens (primary N) is 2. The van der Waals surface area contributed by atoms with Crippen LogP contribution in [-0.4, -0.2) is 23.2 Å². The number of rotatable bonds is 1. The van der Waals surface area contributed by atoms with Crippen LogP contribution >= 0.6 is 0 Å². The molecule has 0 atom stereocenters. The van der Waals surface area contributed by atoms with Crippen LogP contribution in [0.4, 0.5) is 0 Å². The Morgan fingerprint density at radius 3 is 2.11 bits per heavy atom. The Morgan fingerprint density at radius 2 is 2.11 bits per heavy atom. The van der Waals surface area contributed by atoms with Crippen LogP contribution in [0.3, 0.4) is 0 Å². The molecule has 5 nitrogen and oxygen atoms in total. The van der Waals surface area contributed by atoms with Gasteiger partial charge < -0.3 is 0 Å². The van der Waals surface area contributed by atoms with E-state index in [-0.39, 0.29) is 0 Å². The zero-order chi connectivity index (χ0) is 7.86. The van der Waals surface area contributed by atoms with E-state index in [2.05, 4.69) is 18.3 Å². The van der Waals surface area contributed by atoms with Gasteiger partial charge >= 0.3 is 0 Å². The summed E-state index contributed by atoms with van der Waals surface area (Å²) in [5, 5.41) is 8.70. The topological polar surface area (TPSA) is 92.6 Å². The van der Waals surface area contributed by atoms with Gasteiger partial charge in [-0.05, 0) is 6.08 Å². The molecule has 54 valence electrons. The molecule has 0 bridgehead atoms. The predicted octanol–water partition coefficient (Wildman–Crippen LogP) is -1.16. The largest absolute Gasteiger partial charge is 0.286 e. The number of carbonyl (C=O) groups is 1. The van der Waals surface area contributed by atoms with Crippen LogP contribution in [0.1, 0.15) is 0 Å². The van der Waals surface area contributed by atoms with Crippen LogP contribution in [0.25, 0.3) is 0 Å². The standard InChI is InChI=1S/C4H7NO2.H4N2/c1-3-4(6)5(2)7;1-2/h3,7H,1H2,2H3;1-2H2. The molecule has 0 fully saturated rings. The second-order valence-corrected chi connectivity index (χ2v) is 1.07. The van der Waals surface area contributed by atoms with Gasteiger partial charge in [-0.15, -0.1) is 0 Å². The number of carbonyl (C=O) groups excluding carboxylic acids is 1. The van der Waals surface area contributed by atoms with Crippen LogP contribution < -0.4 is 11.7 Å². The number of hydrogen-bond acceptors (Lipinski definition) is 4. The van der Waals surface area contributed by atoms with Crippen LogP contribution in [0.2, 0.25) is 0 Å². The minimum atomic E-state index is -0.500. The summed E-state index contributed by atoms with van der Waals surface area (Å²) in [5.74, 6) is 7.50. The molecule has 0 rings (SSSR count). The molecule has 0 unspecified atom stereocenters. The van der Waals surface area contributed by atoms with Crippen molar-refractivity contribution in [2.45, 2.75) is 0 Å². The Bertz CT molecular complexity index is 91.8. The summed E-state index contributed by atoms with van der Waals surface area (Å²) in [6, 6.07) is 0. The minimum Gasteiger partial charge on any atom is -0.286 e. The first kappa shape index (κ1) is 11.0. The Hall–Kier alpha value is -0.910. The van der Waals surface area contributed by atoms with Gasteiger partial charge in [0.05, 0.1) is 0 Å². The van der Waals surface area contributed by atoms with Gasteiger partial charge in [-0.1, -0.05) is 6.58 Å². The first-order valence-electron chi connectivity index (χ1n) is 2.11. The van der Waals surface area contributed by atoms with Gasteiger partial charge in [0, 0.05) is 7.05 Å². The highest BCUT2D eigenvalue weighted by Crippen LogP contribution is 1.74. The highest BCUT2D eigenvalue weighted by atomic mass is 16.5. The van der Waals surface area contributed by atoms with Gasteiger partial charge in [-0.3, -0.25) is 21.7 Å². The second kappa shape index (κ2) is 7.09. The minimum absolute atomic E-state index is 0.465. The molecular weight excluding hydrogens is 122 g/mol. The van der Waals surface area contributed by atoms with Gasteiger partial charge in [0.2, 0.25) is 0 Å². The number of nitrogens with zero attached hydrogens (tertiary/aromatic N) is 1. The summed E-state index contributed by atoms with van der Waals surface area (Å²) in [5.41, 5.74) is 0. The maximum Gasteiger partial charge on any atom is 0.269 e. The Labute approximate surface area is 53.5 Å². The SMILES string of the molecule is C=CC(=O)N(C)O.NN. The number of hydrazine groups is 1. The van der Waals surface area contributed by atoms with Crippen molar-refractivity contribution < 1.29 is 10.0 Å². The van der Waals surface area contributed by atoms with E-state index in [0.29, 0.717) is 5.06 Å². The van der Waals surface area contributed by atoms with E-state index < -0.39 is 5.91 Å². The van der Waals surface area contributed by atoms with Gasteiger partial charge in [-0.25, -0.2) is 5.06 Å². The Morgan fingerprint density at radius 1 is 1.78 bits per heavy atom. The molecule has 0 aromatic carbocycles. The van der Waals surface area contributed by atoms with Crippen molar-refractivity contribution in [3.8, 4) is 0 Å². The van der Waals surface area contributed by atoms with Crippen LogP contribution in [-0.2, 0) is 4.79 Å². The van der Waals surface area contributed by atoms with Crippen molar-refractivity contribution in [1.29, 1.82) is 0 Å². The lowest BCUT2D eigenvalue weighted by molar-refractivity contribution is -0.153. The quantitative estimate of drug-likeness (QED) is 0.182. The fourth-order valence-electron chi connectivity index (χ4n) is 0.132. The summed E-state index contributed by atoms with van der Waals surface area (Å²) in [6.45, 7) is 3.13. The number of likely N-dealkylation sites (N-methyl/N-ethyl adjacent to an activating group) is 1. The summed E-state index contributed by atoms with van der Waals surface area (Å²) in [7, 11) is 1.24. The highest BCUT2D eigenvalue weighted by Gasteiger charge is 1.94. The molecule has 1 amide bonds. The van der Waals surface area contributed by atoms with Gasteiger partial charge in [0.15, 0.2) is 0 Å². The van der Waals surface area contributed by atoms with Crippen LogP contribution in [0.5, 0.6) is 0 Å². The first-order valence-corrected chi connectivity index (χ1v) is 2.11. The zero-order valence-electron chi connectivity index (χ0n) is 5.24. The molecule has 0 saturated heterocycles. The molecule has 9 heavy (non-hydrogen) atoms. The summed E-state index contributed by atoms with van der Waals surface area (Å²) in [4.78, 5) is 10.1. The maximum absolute atomic E-state index is 10.1. The average molecular weight is 133 g/mol. The lowest BCUT2D eigenvalue weighted by Crippen LogP contribution is -2.19. The Kier molecular flexibility index (Phi) is 8.64. The highest BCUT2D eigenvalue weighted by molar-refractivity contribution is 5.85. The average Bonchev–Trinajstić information content (AvgIpc) is 1.91. The molecule has 0 aromatic heterocycles. The molecule has 0 aliphatic heterocycles. The van der Waals surface area contributed by atoms with Crippen molar-refractivity contribution >= 4 is 5.91 Å². The molecule has 0 aromatic rings. The van der Waals surface area contributed by atoms with Crippen LogP contribution in [0, 0.1) is 0 Å². The molecule has 0 aliphatic rings. The van der Waals surface area contributed by atoms with Crippen molar-refractivity contribution in [3.63, 3.8) is 0 Å². The van der Waals surface area contributed by atoms with Crippen molar-refractivity contribution in [1.82, 2.24) is 5.06 Å². The summed E-state index contributed by atoms with van der Waals surface area (Å²) < 4.78 is 0. The normalized spacial score (nSPS) is 6.67. The lowest BCUT2D eigenvalue weighted by Gasteiger charge is -2.00. The molecule has 5 N–H and O–H groups in total. The fourth-order valence-corrected chi connectivity index (χ4v) is 0.132. The monoisotopic (exact) mass is 133 g/mol. The number of hydrogen-bond donors (Lipinski definition) is 3. The second-order valence-electron chi connectivity index (χ2n) is 1.07. The number of hydroxylamine groups is 2. The van der Waals surface area contributed by atoms with Crippen molar-refractivity contribution in [3.05, 3.63) is 12.7 Å². The third kappa shape index (κ3) is 7.09. The summed E-state index contributed by atoms with van der Waals surface area (Å²) >= 11 is 0. The van der Waals surface area contributed by atoms with E-state index >= 15 is 0 Å². The molecule has 0 spiro atoms. The van der Waals surface area contributed by atoms with E-state index in [1.54, 1.807) is 0 Å². The maximum atomic E-state index is 10.1. The molecular formula is C4H11N3O2. The Balaban J connectivity index is 0. The molecule has 0 radical (unpaired) electrons. The molecule has 0 heterocycles. The van der Waals surface area contributed by atoms with Crippen molar-refractivity contribution in [2.24, 2.45) is 11.7 Å². The lowest BCUT2D eigenvalue weighted by atomic mass is 10.6. The van der Waals surface area contributed by atoms with Crippen LogP contribution in [0.15, 0.2) is 12.7 Å². The van der Waals surface area contributed by atoms with Crippen molar-refractivity contribution in [2.75, 3.05) is 7.05 Å². The predicted molar refractivity (Wildman–Crippen MR) is 33.1 cm³/mol. The zero-order valence-corrected chi connectivity index (χ0v) is 5.24. The van der Waals surface area contributed by atoms with E-state index in [4.69, 9.17) is 5.21 Å². The first-order chi connectivity index (χ1) is 4.18. The smallest absolute Gasteiger partial charge is 0.269 e.